The first-order valence-electron chi connectivity index (χ1n) is 9.15. The van der Waals surface area contributed by atoms with Crippen molar-refractivity contribution in [2.75, 3.05) is 0 Å². The van der Waals surface area contributed by atoms with Crippen LogP contribution in [0.1, 0.15) is 49.3 Å². The summed E-state index contributed by atoms with van der Waals surface area (Å²) in [6, 6.07) is 15.7. The Morgan fingerprint density at radius 2 is 1.75 bits per heavy atom. The molecule has 28 heavy (non-hydrogen) atoms. The van der Waals surface area contributed by atoms with Crippen molar-refractivity contribution in [1.82, 2.24) is 0 Å². The van der Waals surface area contributed by atoms with Gasteiger partial charge in [0.15, 0.2) is 0 Å². The Balaban J connectivity index is 0.00000131. The van der Waals surface area contributed by atoms with Crippen LogP contribution in [0.5, 0.6) is 0 Å². The summed E-state index contributed by atoms with van der Waals surface area (Å²) in [5.74, 6) is 3.20. The van der Waals surface area contributed by atoms with E-state index in [4.69, 9.17) is 6.42 Å². The van der Waals surface area contributed by atoms with Gasteiger partial charge in [-0.25, -0.2) is 0 Å². The van der Waals surface area contributed by atoms with Gasteiger partial charge in [-0.1, -0.05) is 80.1 Å². The Labute approximate surface area is 200 Å². The zero-order chi connectivity index (χ0) is 17.4. The SMILES string of the molecule is C#CCCc1cccc2c1-c1ccccc1C2C(C)(C)C1=CC=CC1.[Cl-].[Cl-].[Zr+2]. The summed E-state index contributed by atoms with van der Waals surface area (Å²) in [4.78, 5) is 0. The van der Waals surface area contributed by atoms with Crippen LogP contribution in [0.3, 0.4) is 0 Å². The monoisotopic (exact) mass is 484 g/mol. The number of fused-ring (bicyclic) bond motifs is 3. The molecule has 0 heterocycles. The average Bonchev–Trinajstić information content (AvgIpc) is 3.26. The summed E-state index contributed by atoms with van der Waals surface area (Å²) >= 11 is 0. The van der Waals surface area contributed by atoms with Crippen molar-refractivity contribution in [2.24, 2.45) is 5.41 Å². The zero-order valence-electron chi connectivity index (χ0n) is 16.3. The Hall–Kier alpha value is -1.06. The molecule has 0 amide bonds. The van der Waals surface area contributed by atoms with Crippen molar-refractivity contribution in [3.05, 3.63) is 83.0 Å². The zero-order valence-corrected chi connectivity index (χ0v) is 20.3. The van der Waals surface area contributed by atoms with Crippen LogP contribution in [0, 0.1) is 17.8 Å². The number of allylic oxidation sites excluding steroid dienone is 4. The van der Waals surface area contributed by atoms with E-state index >= 15 is 0 Å². The Morgan fingerprint density at radius 1 is 1.04 bits per heavy atom. The number of halogens is 2. The fourth-order valence-electron chi connectivity index (χ4n) is 4.64. The fraction of sp³-hybridized carbons (Fsp3) is 0.280. The molecule has 0 radical (unpaired) electrons. The number of rotatable bonds is 4. The molecule has 0 nitrogen and oxygen atoms in total. The van der Waals surface area contributed by atoms with E-state index in [1.807, 2.05) is 0 Å². The predicted molar refractivity (Wildman–Crippen MR) is 106 cm³/mol. The van der Waals surface area contributed by atoms with Gasteiger partial charge in [0.25, 0.3) is 0 Å². The molecule has 2 aliphatic carbocycles. The van der Waals surface area contributed by atoms with E-state index in [9.17, 15) is 0 Å². The molecule has 0 saturated heterocycles. The standard InChI is InChI=1S/C25H24.2ClH.Zr/c1-4-5-11-18-12-10-17-22-23(18)20-15-8-9-16-21(20)24(22)25(2,3)19-13-6-7-14-19;;;/h1,6-10,12-13,15-17,24H,5,11,14H2,2-3H3;2*1H;/q;;;+2/p-2. The molecule has 0 fully saturated rings. The first-order chi connectivity index (χ1) is 12.1. The molecule has 0 aromatic heterocycles. The van der Waals surface area contributed by atoms with Crippen molar-refractivity contribution in [2.45, 2.75) is 39.0 Å². The summed E-state index contributed by atoms with van der Waals surface area (Å²) in [5, 5.41) is 0. The molecule has 0 aliphatic heterocycles. The topological polar surface area (TPSA) is 0 Å². The minimum absolute atomic E-state index is 0. The normalized spacial score (nSPS) is 15.9. The van der Waals surface area contributed by atoms with Crippen LogP contribution in [0.4, 0.5) is 0 Å². The second-order valence-corrected chi connectivity index (χ2v) is 7.65. The van der Waals surface area contributed by atoms with E-state index in [1.165, 1.54) is 33.4 Å². The fourth-order valence-corrected chi connectivity index (χ4v) is 4.64. The van der Waals surface area contributed by atoms with Crippen LogP contribution in [0.2, 0.25) is 0 Å². The van der Waals surface area contributed by atoms with Crippen LogP contribution < -0.4 is 24.8 Å². The Bertz CT molecular complexity index is 932. The summed E-state index contributed by atoms with van der Waals surface area (Å²) in [6.07, 6.45) is 15.1. The molecule has 2 aliphatic rings. The largest absolute Gasteiger partial charge is 2.00 e. The van der Waals surface area contributed by atoms with Crippen molar-refractivity contribution in [3.8, 4) is 23.5 Å². The summed E-state index contributed by atoms with van der Waals surface area (Å²) in [5.41, 5.74) is 8.76. The first-order valence-corrected chi connectivity index (χ1v) is 9.15. The Morgan fingerprint density at radius 3 is 2.43 bits per heavy atom. The molecular weight excluding hydrogens is 462 g/mol. The van der Waals surface area contributed by atoms with Gasteiger partial charge in [-0.3, -0.25) is 0 Å². The molecular formula is C25H24Cl2Zr. The average molecular weight is 487 g/mol. The molecule has 0 bridgehead atoms. The van der Waals surface area contributed by atoms with Crippen LogP contribution >= 0.6 is 0 Å². The molecule has 2 aromatic carbocycles. The number of terminal acetylenes is 1. The van der Waals surface area contributed by atoms with Crippen molar-refractivity contribution >= 4 is 0 Å². The van der Waals surface area contributed by atoms with Gasteiger partial charge in [0.2, 0.25) is 0 Å². The van der Waals surface area contributed by atoms with Gasteiger partial charge < -0.3 is 24.8 Å². The summed E-state index contributed by atoms with van der Waals surface area (Å²) in [7, 11) is 0. The van der Waals surface area contributed by atoms with Gasteiger partial charge in [-0.15, -0.1) is 12.3 Å². The molecule has 0 spiro atoms. The maximum Gasteiger partial charge on any atom is 2.00 e. The number of benzene rings is 2. The van der Waals surface area contributed by atoms with Gasteiger partial charge in [-0.2, -0.15) is 0 Å². The van der Waals surface area contributed by atoms with Gasteiger partial charge in [-0.05, 0) is 46.1 Å². The molecule has 3 heteroatoms. The number of aryl methyl sites for hydroxylation is 1. The summed E-state index contributed by atoms with van der Waals surface area (Å²) in [6.45, 7) is 4.80. The van der Waals surface area contributed by atoms with E-state index in [0.29, 0.717) is 5.92 Å². The molecule has 142 valence electrons. The maximum absolute atomic E-state index is 5.53. The van der Waals surface area contributed by atoms with Crippen LogP contribution in [-0.4, -0.2) is 0 Å². The quantitative estimate of drug-likeness (QED) is 0.545. The van der Waals surface area contributed by atoms with Crippen molar-refractivity contribution in [3.63, 3.8) is 0 Å². The third-order valence-corrected chi connectivity index (χ3v) is 5.89. The second-order valence-electron chi connectivity index (χ2n) is 7.65. The van der Waals surface area contributed by atoms with Gasteiger partial charge in [0.1, 0.15) is 0 Å². The smallest absolute Gasteiger partial charge is 1.00 e. The molecule has 0 N–H and O–H groups in total. The minimum Gasteiger partial charge on any atom is -1.00 e. The third kappa shape index (κ3) is 4.12. The first kappa shape index (κ1) is 25.0. The molecule has 4 rings (SSSR count). The van der Waals surface area contributed by atoms with E-state index in [-0.39, 0.29) is 56.4 Å². The molecule has 1 atom stereocenters. The van der Waals surface area contributed by atoms with E-state index < -0.39 is 0 Å². The minimum atomic E-state index is 0. The number of hydrogen-bond donors (Lipinski definition) is 0. The maximum atomic E-state index is 5.53. The predicted octanol–water partition coefficient (Wildman–Crippen LogP) is 0.283. The van der Waals surface area contributed by atoms with Crippen LogP contribution in [-0.2, 0) is 32.6 Å². The van der Waals surface area contributed by atoms with Gasteiger partial charge >= 0.3 is 26.2 Å². The summed E-state index contributed by atoms with van der Waals surface area (Å²) < 4.78 is 0. The van der Waals surface area contributed by atoms with E-state index in [0.717, 1.165) is 19.3 Å². The Kier molecular flexibility index (Phi) is 9.03. The van der Waals surface area contributed by atoms with Crippen molar-refractivity contribution in [1.29, 1.82) is 0 Å². The molecule has 0 saturated carbocycles. The van der Waals surface area contributed by atoms with Crippen LogP contribution in [0.25, 0.3) is 11.1 Å². The second kappa shape index (κ2) is 10.1. The van der Waals surface area contributed by atoms with Gasteiger partial charge in [0, 0.05) is 12.3 Å². The van der Waals surface area contributed by atoms with E-state index in [2.05, 4.69) is 80.5 Å². The van der Waals surface area contributed by atoms with Crippen molar-refractivity contribution < 1.29 is 51.0 Å². The van der Waals surface area contributed by atoms with Crippen LogP contribution in [0.15, 0.2) is 66.3 Å². The van der Waals surface area contributed by atoms with E-state index in [1.54, 1.807) is 0 Å². The van der Waals surface area contributed by atoms with Gasteiger partial charge in [0.05, 0.1) is 0 Å². The third-order valence-electron chi connectivity index (χ3n) is 5.89. The molecule has 1 unspecified atom stereocenters. The molecule has 2 aromatic rings. The number of hydrogen-bond acceptors (Lipinski definition) is 0.